The Balaban J connectivity index is 2.28. The van der Waals surface area contributed by atoms with Crippen LogP contribution < -0.4 is 14.2 Å². The molecule has 0 aromatic heterocycles. The fourth-order valence-electron chi connectivity index (χ4n) is 2.12. The number of methoxy groups -OCH3 is 2. The van der Waals surface area contributed by atoms with Gasteiger partial charge in [-0.05, 0) is 42.8 Å². The lowest BCUT2D eigenvalue weighted by Crippen LogP contribution is -2.27. The molecule has 5 nitrogen and oxygen atoms in total. The Bertz CT molecular complexity index is 775. The number of halogens is 1. The molecule has 0 aliphatic rings. The molecule has 0 radical (unpaired) electrons. The van der Waals surface area contributed by atoms with Crippen LogP contribution in [-0.2, 0) is 10.0 Å². The van der Waals surface area contributed by atoms with E-state index in [0.29, 0.717) is 10.2 Å². The molecule has 0 saturated carbocycles. The maximum Gasteiger partial charge on any atom is 0.244 e. The van der Waals surface area contributed by atoms with E-state index in [9.17, 15) is 8.42 Å². The maximum atomic E-state index is 12.6. The summed E-state index contributed by atoms with van der Waals surface area (Å²) < 4.78 is 38.8. The summed E-state index contributed by atoms with van der Waals surface area (Å²) in [5.74, 6) is 1.01. The second-order valence-electron chi connectivity index (χ2n) is 4.91. The number of hydrogen-bond acceptors (Lipinski definition) is 4. The molecule has 0 spiro atoms. The van der Waals surface area contributed by atoms with E-state index in [1.165, 1.54) is 13.2 Å². The van der Waals surface area contributed by atoms with E-state index < -0.39 is 16.1 Å². The van der Waals surface area contributed by atoms with E-state index >= 15 is 0 Å². The third-order valence-electron chi connectivity index (χ3n) is 3.36. The average Bonchev–Trinajstić information content (AvgIpc) is 2.54. The summed E-state index contributed by atoms with van der Waals surface area (Å²) >= 11 is 3.28. The molecule has 2 aromatic rings. The van der Waals surface area contributed by atoms with Gasteiger partial charge in [0.2, 0.25) is 10.0 Å². The number of hydrogen-bond donors (Lipinski definition) is 1. The van der Waals surface area contributed by atoms with Crippen molar-refractivity contribution in [3.63, 3.8) is 0 Å². The predicted octanol–water partition coefficient (Wildman–Crippen LogP) is 3.51. The summed E-state index contributed by atoms with van der Waals surface area (Å²) in [5.41, 5.74) is 0.836. The van der Waals surface area contributed by atoms with E-state index in [2.05, 4.69) is 20.7 Å². The predicted molar refractivity (Wildman–Crippen MR) is 92.4 cm³/mol. The van der Waals surface area contributed by atoms with E-state index in [1.807, 2.05) is 12.1 Å². The third kappa shape index (κ3) is 4.25. The monoisotopic (exact) mass is 399 g/mol. The highest BCUT2D eigenvalue weighted by molar-refractivity contribution is 9.10. The van der Waals surface area contributed by atoms with Gasteiger partial charge in [-0.3, -0.25) is 0 Å². The van der Waals surface area contributed by atoms with E-state index in [1.54, 1.807) is 38.3 Å². The molecule has 23 heavy (non-hydrogen) atoms. The van der Waals surface area contributed by atoms with E-state index in [0.717, 1.165) is 11.3 Å². The second-order valence-corrected chi connectivity index (χ2v) is 7.51. The van der Waals surface area contributed by atoms with Crippen molar-refractivity contribution in [1.82, 2.24) is 4.72 Å². The fraction of sp³-hybridized carbons (Fsp3) is 0.250. The van der Waals surface area contributed by atoms with Crippen molar-refractivity contribution in [1.29, 1.82) is 0 Å². The minimum atomic E-state index is -3.72. The Morgan fingerprint density at radius 2 is 1.70 bits per heavy atom. The lowest BCUT2D eigenvalue weighted by Gasteiger charge is -2.16. The Kier molecular flexibility index (Phi) is 5.67. The van der Waals surface area contributed by atoms with Gasteiger partial charge in [-0.15, -0.1) is 0 Å². The molecule has 1 atom stereocenters. The zero-order valence-corrected chi connectivity index (χ0v) is 15.4. The molecule has 0 unspecified atom stereocenters. The van der Waals surface area contributed by atoms with Gasteiger partial charge in [-0.25, -0.2) is 13.1 Å². The van der Waals surface area contributed by atoms with Gasteiger partial charge in [-0.1, -0.05) is 28.1 Å². The van der Waals surface area contributed by atoms with Crippen LogP contribution in [0.3, 0.4) is 0 Å². The van der Waals surface area contributed by atoms with Crippen LogP contribution in [0.1, 0.15) is 18.5 Å². The molecule has 0 heterocycles. The molecular formula is C16H18BrNO4S. The minimum Gasteiger partial charge on any atom is -0.497 e. The summed E-state index contributed by atoms with van der Waals surface area (Å²) in [6, 6.07) is 11.7. The van der Waals surface area contributed by atoms with Crippen molar-refractivity contribution in [3.05, 3.63) is 52.5 Å². The third-order valence-corrected chi connectivity index (χ3v) is 5.42. The van der Waals surface area contributed by atoms with Crippen molar-refractivity contribution < 1.29 is 17.9 Å². The van der Waals surface area contributed by atoms with Crippen molar-refractivity contribution in [2.45, 2.75) is 17.9 Å². The van der Waals surface area contributed by atoms with E-state index in [-0.39, 0.29) is 4.90 Å². The number of benzene rings is 2. The summed E-state index contributed by atoms with van der Waals surface area (Å²) in [6.45, 7) is 1.78. The zero-order valence-electron chi connectivity index (χ0n) is 13.0. The van der Waals surface area contributed by atoms with Crippen LogP contribution in [0, 0.1) is 0 Å². The quantitative estimate of drug-likeness (QED) is 0.806. The normalized spacial score (nSPS) is 12.7. The molecule has 7 heteroatoms. The second kappa shape index (κ2) is 7.33. The first-order chi connectivity index (χ1) is 10.9. The van der Waals surface area contributed by atoms with Crippen LogP contribution in [-0.4, -0.2) is 22.6 Å². The van der Waals surface area contributed by atoms with Gasteiger partial charge in [-0.2, -0.15) is 0 Å². The number of nitrogens with one attached hydrogen (secondary N) is 1. The van der Waals surface area contributed by atoms with Gasteiger partial charge < -0.3 is 9.47 Å². The lowest BCUT2D eigenvalue weighted by atomic mass is 10.1. The molecular weight excluding hydrogens is 382 g/mol. The van der Waals surface area contributed by atoms with Crippen molar-refractivity contribution in [3.8, 4) is 11.5 Å². The number of sulfonamides is 1. The first-order valence-electron chi connectivity index (χ1n) is 6.87. The van der Waals surface area contributed by atoms with Crippen LogP contribution in [0.15, 0.2) is 51.8 Å². The Morgan fingerprint density at radius 1 is 1.04 bits per heavy atom. The molecule has 2 rings (SSSR count). The largest absolute Gasteiger partial charge is 0.497 e. The lowest BCUT2D eigenvalue weighted by molar-refractivity contribution is 0.402. The SMILES string of the molecule is COc1ccc([C@H](C)NS(=O)(=O)c2cc(Br)ccc2OC)cc1. The highest BCUT2D eigenvalue weighted by Gasteiger charge is 2.22. The highest BCUT2D eigenvalue weighted by Crippen LogP contribution is 2.28. The van der Waals surface area contributed by atoms with Crippen LogP contribution >= 0.6 is 15.9 Å². The van der Waals surface area contributed by atoms with Crippen molar-refractivity contribution >= 4 is 26.0 Å². The van der Waals surface area contributed by atoms with Crippen molar-refractivity contribution in [2.24, 2.45) is 0 Å². The molecule has 0 aliphatic heterocycles. The van der Waals surface area contributed by atoms with Crippen LogP contribution in [0.5, 0.6) is 11.5 Å². The molecule has 2 aromatic carbocycles. The molecule has 0 fully saturated rings. The number of ether oxygens (including phenoxy) is 2. The van der Waals surface area contributed by atoms with E-state index in [4.69, 9.17) is 9.47 Å². The summed E-state index contributed by atoms with van der Waals surface area (Å²) in [4.78, 5) is 0.0923. The molecule has 1 N–H and O–H groups in total. The van der Waals surface area contributed by atoms with Gasteiger partial charge in [0.1, 0.15) is 16.4 Å². The molecule has 0 bridgehead atoms. The van der Waals surface area contributed by atoms with Gasteiger partial charge in [0.25, 0.3) is 0 Å². The summed E-state index contributed by atoms with van der Waals surface area (Å²) in [7, 11) is -0.701. The molecule has 0 saturated heterocycles. The first kappa shape index (κ1) is 17.8. The van der Waals surface area contributed by atoms with Crippen LogP contribution in [0.2, 0.25) is 0 Å². The topological polar surface area (TPSA) is 64.6 Å². The van der Waals surface area contributed by atoms with Gasteiger partial charge >= 0.3 is 0 Å². The first-order valence-corrected chi connectivity index (χ1v) is 9.15. The number of rotatable bonds is 6. The van der Waals surface area contributed by atoms with Gasteiger partial charge in [0, 0.05) is 10.5 Å². The Morgan fingerprint density at radius 3 is 2.26 bits per heavy atom. The standard InChI is InChI=1S/C16H18BrNO4S/c1-11(12-4-7-14(21-2)8-5-12)18-23(19,20)16-10-13(17)6-9-15(16)22-3/h4-11,18H,1-3H3/t11-/m0/s1. The van der Waals surface area contributed by atoms with Gasteiger partial charge in [0.15, 0.2) is 0 Å². The smallest absolute Gasteiger partial charge is 0.244 e. The molecule has 0 aliphatic carbocycles. The van der Waals surface area contributed by atoms with Crippen LogP contribution in [0.4, 0.5) is 0 Å². The summed E-state index contributed by atoms with van der Waals surface area (Å²) in [5, 5.41) is 0. The zero-order chi connectivity index (χ0) is 17.0. The van der Waals surface area contributed by atoms with Crippen molar-refractivity contribution in [2.75, 3.05) is 14.2 Å². The molecule has 124 valence electrons. The minimum absolute atomic E-state index is 0.0923. The molecule has 0 amide bonds. The average molecular weight is 400 g/mol. The maximum absolute atomic E-state index is 12.6. The highest BCUT2D eigenvalue weighted by atomic mass is 79.9. The Labute approximate surface area is 144 Å². The Hall–Kier alpha value is -1.57. The fourth-order valence-corrected chi connectivity index (χ4v) is 4.06. The van der Waals surface area contributed by atoms with Gasteiger partial charge in [0.05, 0.1) is 14.2 Å². The summed E-state index contributed by atoms with van der Waals surface area (Å²) in [6.07, 6.45) is 0. The van der Waals surface area contributed by atoms with Crippen LogP contribution in [0.25, 0.3) is 0 Å².